The predicted molar refractivity (Wildman–Crippen MR) is 81.3 cm³/mol. The lowest BCUT2D eigenvalue weighted by atomic mass is 10.3. The normalized spacial score (nSPS) is 20.3. The van der Waals surface area contributed by atoms with E-state index in [1.807, 2.05) is 23.5 Å². The summed E-state index contributed by atoms with van der Waals surface area (Å²) in [5.41, 5.74) is 2.19. The Labute approximate surface area is 118 Å². The third kappa shape index (κ3) is 4.14. The molecule has 1 aromatic heterocycles. The van der Waals surface area contributed by atoms with E-state index in [-0.39, 0.29) is 0 Å². The largest absolute Gasteiger partial charge is 0.309 e. The van der Waals surface area contributed by atoms with Crippen molar-refractivity contribution < 1.29 is 0 Å². The number of rotatable bonds is 4. The SMILES string of the molecule is Cc1cc(CNC(C)C)nc(C2CSCCS2)n1. The molecular weight excluding hydrogens is 262 g/mol. The van der Waals surface area contributed by atoms with Crippen molar-refractivity contribution in [2.45, 2.75) is 38.6 Å². The third-order valence-electron chi connectivity index (χ3n) is 2.72. The fourth-order valence-corrected chi connectivity index (χ4v) is 4.44. The van der Waals surface area contributed by atoms with Crippen molar-refractivity contribution in [1.29, 1.82) is 0 Å². The first-order valence-electron chi connectivity index (χ1n) is 6.42. The van der Waals surface area contributed by atoms with Crippen LogP contribution in [0, 0.1) is 6.92 Å². The molecule has 0 spiro atoms. The van der Waals surface area contributed by atoms with Gasteiger partial charge in [0.05, 0.1) is 10.9 Å². The molecule has 2 heterocycles. The van der Waals surface area contributed by atoms with E-state index in [2.05, 4.69) is 37.1 Å². The van der Waals surface area contributed by atoms with Gasteiger partial charge in [-0.3, -0.25) is 0 Å². The average Bonchev–Trinajstić information content (AvgIpc) is 2.37. The van der Waals surface area contributed by atoms with Crippen molar-refractivity contribution in [2.24, 2.45) is 0 Å². The first-order valence-corrected chi connectivity index (χ1v) is 8.62. The van der Waals surface area contributed by atoms with Crippen molar-refractivity contribution in [2.75, 3.05) is 17.3 Å². The van der Waals surface area contributed by atoms with Gasteiger partial charge in [-0.1, -0.05) is 13.8 Å². The van der Waals surface area contributed by atoms with Crippen molar-refractivity contribution in [3.05, 3.63) is 23.3 Å². The molecule has 5 heteroatoms. The lowest BCUT2D eigenvalue weighted by molar-refractivity contribution is 0.578. The Balaban J connectivity index is 2.09. The van der Waals surface area contributed by atoms with Crippen molar-refractivity contribution in [1.82, 2.24) is 15.3 Å². The Kier molecular flexibility index (Phi) is 5.33. The van der Waals surface area contributed by atoms with Gasteiger partial charge in [0.2, 0.25) is 0 Å². The second-order valence-corrected chi connectivity index (χ2v) is 7.29. The van der Waals surface area contributed by atoms with E-state index < -0.39 is 0 Å². The van der Waals surface area contributed by atoms with E-state index in [9.17, 15) is 0 Å². The van der Waals surface area contributed by atoms with Crippen LogP contribution in [0.25, 0.3) is 0 Å². The third-order valence-corrected chi connectivity index (χ3v) is 5.47. The highest BCUT2D eigenvalue weighted by Crippen LogP contribution is 2.35. The lowest BCUT2D eigenvalue weighted by Gasteiger charge is -2.20. The Morgan fingerprint density at radius 3 is 2.89 bits per heavy atom. The number of aromatic nitrogens is 2. The van der Waals surface area contributed by atoms with E-state index in [0.717, 1.165) is 29.5 Å². The first kappa shape index (κ1) is 14.2. The number of aryl methyl sites for hydroxylation is 1. The van der Waals surface area contributed by atoms with Crippen LogP contribution in [-0.2, 0) is 6.54 Å². The number of hydrogen-bond acceptors (Lipinski definition) is 5. The van der Waals surface area contributed by atoms with Crippen LogP contribution in [-0.4, -0.2) is 33.3 Å². The van der Waals surface area contributed by atoms with E-state index in [4.69, 9.17) is 4.98 Å². The van der Waals surface area contributed by atoms with E-state index in [1.165, 1.54) is 11.5 Å². The van der Waals surface area contributed by atoms with E-state index in [1.54, 1.807) is 0 Å². The molecule has 1 aliphatic heterocycles. The summed E-state index contributed by atoms with van der Waals surface area (Å²) < 4.78 is 0. The molecule has 3 nitrogen and oxygen atoms in total. The summed E-state index contributed by atoms with van der Waals surface area (Å²) in [6.45, 7) is 7.20. The topological polar surface area (TPSA) is 37.8 Å². The van der Waals surface area contributed by atoms with Gasteiger partial charge in [0.1, 0.15) is 5.82 Å². The molecule has 0 amide bonds. The van der Waals surface area contributed by atoms with Crippen molar-refractivity contribution in [3.8, 4) is 0 Å². The fraction of sp³-hybridized carbons (Fsp3) is 0.692. The second-order valence-electron chi connectivity index (χ2n) is 4.83. The maximum absolute atomic E-state index is 4.72. The zero-order chi connectivity index (χ0) is 13.0. The second kappa shape index (κ2) is 6.78. The highest BCUT2D eigenvalue weighted by atomic mass is 32.2. The van der Waals surface area contributed by atoms with Gasteiger partial charge in [0.25, 0.3) is 0 Å². The minimum Gasteiger partial charge on any atom is -0.309 e. The molecule has 1 unspecified atom stereocenters. The maximum atomic E-state index is 4.72. The van der Waals surface area contributed by atoms with Crippen molar-refractivity contribution in [3.63, 3.8) is 0 Å². The number of thioether (sulfide) groups is 2. The maximum Gasteiger partial charge on any atom is 0.142 e. The molecule has 1 atom stereocenters. The van der Waals surface area contributed by atoms with Crippen LogP contribution < -0.4 is 5.32 Å². The molecule has 1 saturated heterocycles. The Hall–Kier alpha value is -0.260. The average molecular weight is 283 g/mol. The summed E-state index contributed by atoms with van der Waals surface area (Å²) in [5.74, 6) is 4.64. The van der Waals surface area contributed by atoms with Crippen LogP contribution in [0.3, 0.4) is 0 Å². The minimum atomic E-state index is 0.474. The molecule has 0 aliphatic carbocycles. The van der Waals surface area contributed by atoms with Crippen LogP contribution in [0.5, 0.6) is 0 Å². The summed E-state index contributed by atoms with van der Waals surface area (Å²) in [7, 11) is 0. The number of hydrogen-bond donors (Lipinski definition) is 1. The molecule has 1 aromatic rings. The van der Waals surface area contributed by atoms with E-state index in [0.29, 0.717) is 11.3 Å². The molecule has 0 bridgehead atoms. The number of nitrogens with one attached hydrogen (secondary N) is 1. The monoisotopic (exact) mass is 283 g/mol. The van der Waals surface area contributed by atoms with Gasteiger partial charge in [0, 0.05) is 35.5 Å². The summed E-state index contributed by atoms with van der Waals surface area (Å²) in [4.78, 5) is 9.33. The summed E-state index contributed by atoms with van der Waals surface area (Å²) in [5, 5.41) is 3.89. The molecule has 100 valence electrons. The van der Waals surface area contributed by atoms with Gasteiger partial charge in [-0.15, -0.1) is 11.8 Å². The predicted octanol–water partition coefficient (Wildman–Crippen LogP) is 2.80. The molecule has 0 radical (unpaired) electrons. The highest BCUT2D eigenvalue weighted by molar-refractivity contribution is 8.06. The molecule has 0 aromatic carbocycles. The van der Waals surface area contributed by atoms with Gasteiger partial charge in [-0.2, -0.15) is 11.8 Å². The number of nitrogens with zero attached hydrogens (tertiary/aromatic N) is 2. The van der Waals surface area contributed by atoms with Gasteiger partial charge >= 0.3 is 0 Å². The fourth-order valence-electron chi connectivity index (χ4n) is 1.84. The molecule has 18 heavy (non-hydrogen) atoms. The Morgan fingerprint density at radius 1 is 1.39 bits per heavy atom. The first-order chi connectivity index (χ1) is 8.65. The quantitative estimate of drug-likeness (QED) is 0.920. The van der Waals surface area contributed by atoms with Crippen molar-refractivity contribution >= 4 is 23.5 Å². The standard InChI is InChI=1S/C13H21N3S2/c1-9(2)14-7-11-6-10(3)15-13(16-11)12-8-17-4-5-18-12/h6,9,12,14H,4-5,7-8H2,1-3H3. The Bertz CT molecular complexity index is 390. The summed E-state index contributed by atoms with van der Waals surface area (Å²) >= 11 is 4.00. The zero-order valence-electron chi connectivity index (χ0n) is 11.3. The molecular formula is C13H21N3S2. The summed E-state index contributed by atoms with van der Waals surface area (Å²) in [6, 6.07) is 2.57. The lowest BCUT2D eigenvalue weighted by Crippen LogP contribution is -2.23. The zero-order valence-corrected chi connectivity index (χ0v) is 12.9. The molecule has 2 rings (SSSR count). The van der Waals surface area contributed by atoms with Crippen LogP contribution in [0.2, 0.25) is 0 Å². The molecule has 1 fully saturated rings. The van der Waals surface area contributed by atoms with Crippen LogP contribution in [0.1, 0.15) is 36.3 Å². The summed E-state index contributed by atoms with van der Waals surface area (Å²) in [6.07, 6.45) is 0. The minimum absolute atomic E-state index is 0.474. The smallest absolute Gasteiger partial charge is 0.142 e. The van der Waals surface area contributed by atoms with E-state index >= 15 is 0 Å². The van der Waals surface area contributed by atoms with Crippen LogP contribution >= 0.6 is 23.5 Å². The van der Waals surface area contributed by atoms with Gasteiger partial charge in [0.15, 0.2) is 0 Å². The van der Waals surface area contributed by atoms with Gasteiger partial charge in [-0.25, -0.2) is 9.97 Å². The van der Waals surface area contributed by atoms with Crippen LogP contribution in [0.15, 0.2) is 6.07 Å². The molecule has 0 saturated carbocycles. The highest BCUT2D eigenvalue weighted by Gasteiger charge is 2.19. The van der Waals surface area contributed by atoms with Crippen LogP contribution in [0.4, 0.5) is 0 Å². The van der Waals surface area contributed by atoms with Gasteiger partial charge < -0.3 is 5.32 Å². The molecule has 1 aliphatic rings. The molecule has 1 N–H and O–H groups in total. The Morgan fingerprint density at radius 2 is 2.22 bits per heavy atom. The van der Waals surface area contributed by atoms with Gasteiger partial charge in [-0.05, 0) is 13.0 Å².